The van der Waals surface area contributed by atoms with Gasteiger partial charge in [-0.2, -0.15) is 0 Å². The van der Waals surface area contributed by atoms with Crippen LogP contribution in [0.25, 0.3) is 10.8 Å². The van der Waals surface area contributed by atoms with E-state index in [1.807, 2.05) is 36.4 Å². The van der Waals surface area contributed by atoms with Crippen molar-refractivity contribution in [2.24, 2.45) is 0 Å². The molecule has 0 fully saturated rings. The number of hydrogen-bond donors (Lipinski definition) is 0. The summed E-state index contributed by atoms with van der Waals surface area (Å²) in [6.07, 6.45) is 0. The Balaban J connectivity index is 1.80. The lowest BCUT2D eigenvalue weighted by Crippen LogP contribution is -2.16. The number of fused-ring (bicyclic) bond motifs is 1. The Labute approximate surface area is 150 Å². The van der Waals surface area contributed by atoms with Crippen LogP contribution < -0.4 is 9.47 Å². The predicted molar refractivity (Wildman–Crippen MR) is 97.6 cm³/mol. The summed E-state index contributed by atoms with van der Waals surface area (Å²) in [5, 5.41) is 12.8. The van der Waals surface area contributed by atoms with E-state index in [9.17, 15) is 14.9 Å². The summed E-state index contributed by atoms with van der Waals surface area (Å²) in [4.78, 5) is 22.7. The van der Waals surface area contributed by atoms with Crippen molar-refractivity contribution in [3.63, 3.8) is 0 Å². The number of benzene rings is 3. The van der Waals surface area contributed by atoms with E-state index in [0.29, 0.717) is 0 Å². The van der Waals surface area contributed by atoms with Gasteiger partial charge >= 0.3 is 5.97 Å². The molecule has 0 N–H and O–H groups in total. The number of carbonyl (C=O) groups is 1. The minimum absolute atomic E-state index is 0.123. The van der Waals surface area contributed by atoms with Crippen molar-refractivity contribution < 1.29 is 19.2 Å². The standard InChI is InChI=1S/C20H17NO5/c1-13(20(22)26-19-5-3-4-17(12-19)21(23)24)14-6-7-16-11-18(25-2)9-8-15(16)10-14/h3-13H,1-2H3/t13-/m0/s1. The fourth-order valence-electron chi connectivity index (χ4n) is 2.64. The van der Waals surface area contributed by atoms with Crippen LogP contribution in [0.5, 0.6) is 11.5 Å². The van der Waals surface area contributed by atoms with Gasteiger partial charge in [0.2, 0.25) is 0 Å². The molecule has 6 nitrogen and oxygen atoms in total. The molecule has 0 aliphatic carbocycles. The third-order valence-electron chi connectivity index (χ3n) is 4.17. The van der Waals surface area contributed by atoms with Crippen molar-refractivity contribution in [2.75, 3.05) is 7.11 Å². The molecular weight excluding hydrogens is 334 g/mol. The van der Waals surface area contributed by atoms with Gasteiger partial charge in [0.1, 0.15) is 11.5 Å². The number of nitro groups is 1. The van der Waals surface area contributed by atoms with Crippen LogP contribution in [0.4, 0.5) is 5.69 Å². The maximum absolute atomic E-state index is 12.4. The fourth-order valence-corrected chi connectivity index (χ4v) is 2.64. The molecule has 0 aliphatic heterocycles. The second-order valence-corrected chi connectivity index (χ2v) is 5.87. The molecule has 0 spiro atoms. The zero-order chi connectivity index (χ0) is 18.7. The van der Waals surface area contributed by atoms with Crippen molar-refractivity contribution in [1.29, 1.82) is 0 Å². The lowest BCUT2D eigenvalue weighted by molar-refractivity contribution is -0.384. The zero-order valence-electron chi connectivity index (χ0n) is 14.3. The van der Waals surface area contributed by atoms with Gasteiger partial charge in [-0.1, -0.05) is 30.3 Å². The molecule has 0 saturated carbocycles. The molecule has 6 heteroatoms. The molecule has 3 aromatic carbocycles. The van der Waals surface area contributed by atoms with Crippen molar-refractivity contribution in [1.82, 2.24) is 0 Å². The quantitative estimate of drug-likeness (QED) is 0.293. The first-order valence-electron chi connectivity index (χ1n) is 8.02. The second-order valence-electron chi connectivity index (χ2n) is 5.87. The van der Waals surface area contributed by atoms with Gasteiger partial charge in [-0.05, 0) is 41.5 Å². The van der Waals surface area contributed by atoms with E-state index in [1.54, 1.807) is 14.0 Å². The average Bonchev–Trinajstić information content (AvgIpc) is 2.66. The Morgan fingerprint density at radius 1 is 1.00 bits per heavy atom. The number of carbonyl (C=O) groups excluding carboxylic acids is 1. The molecule has 3 aromatic rings. The highest BCUT2D eigenvalue weighted by Gasteiger charge is 2.19. The highest BCUT2D eigenvalue weighted by atomic mass is 16.6. The monoisotopic (exact) mass is 351 g/mol. The number of hydrogen-bond acceptors (Lipinski definition) is 5. The molecule has 0 amide bonds. The minimum atomic E-state index is -0.529. The largest absolute Gasteiger partial charge is 0.497 e. The predicted octanol–water partition coefficient (Wildman–Crippen LogP) is 4.47. The molecule has 132 valence electrons. The molecule has 0 radical (unpaired) electrons. The van der Waals surface area contributed by atoms with Gasteiger partial charge in [0.05, 0.1) is 24.0 Å². The van der Waals surface area contributed by atoms with E-state index in [4.69, 9.17) is 9.47 Å². The van der Waals surface area contributed by atoms with Crippen LogP contribution in [0.3, 0.4) is 0 Å². The van der Waals surface area contributed by atoms with Crippen molar-refractivity contribution in [3.8, 4) is 11.5 Å². The molecule has 0 bridgehead atoms. The smallest absolute Gasteiger partial charge is 0.318 e. The average molecular weight is 351 g/mol. The van der Waals surface area contributed by atoms with E-state index in [0.717, 1.165) is 22.1 Å². The number of nitro benzene ring substituents is 1. The summed E-state index contributed by atoms with van der Waals surface area (Å²) in [5.41, 5.74) is 0.681. The van der Waals surface area contributed by atoms with E-state index >= 15 is 0 Å². The van der Waals surface area contributed by atoms with Crippen LogP contribution in [0.15, 0.2) is 60.7 Å². The maximum atomic E-state index is 12.4. The van der Waals surface area contributed by atoms with Crippen LogP contribution in [-0.2, 0) is 4.79 Å². The number of esters is 1. The first-order chi connectivity index (χ1) is 12.5. The van der Waals surface area contributed by atoms with Crippen LogP contribution in [-0.4, -0.2) is 18.0 Å². The molecular formula is C20H17NO5. The molecule has 0 heterocycles. The Morgan fingerprint density at radius 2 is 1.73 bits per heavy atom. The lowest BCUT2D eigenvalue weighted by atomic mass is 9.98. The van der Waals surface area contributed by atoms with Gasteiger partial charge in [-0.3, -0.25) is 14.9 Å². The van der Waals surface area contributed by atoms with Crippen LogP contribution >= 0.6 is 0 Å². The van der Waals surface area contributed by atoms with Crippen molar-refractivity contribution >= 4 is 22.4 Å². The summed E-state index contributed by atoms with van der Waals surface area (Å²) in [6, 6.07) is 17.0. The first-order valence-corrected chi connectivity index (χ1v) is 8.02. The molecule has 0 aromatic heterocycles. The van der Waals surface area contributed by atoms with E-state index in [1.165, 1.54) is 24.3 Å². The number of non-ortho nitro benzene ring substituents is 1. The van der Waals surface area contributed by atoms with Crippen LogP contribution in [0.2, 0.25) is 0 Å². The third kappa shape index (κ3) is 3.64. The number of methoxy groups -OCH3 is 1. The van der Waals surface area contributed by atoms with E-state index < -0.39 is 16.8 Å². The topological polar surface area (TPSA) is 78.7 Å². The first kappa shape index (κ1) is 17.4. The van der Waals surface area contributed by atoms with Gasteiger partial charge in [0.15, 0.2) is 0 Å². The minimum Gasteiger partial charge on any atom is -0.497 e. The van der Waals surface area contributed by atoms with Crippen LogP contribution in [0, 0.1) is 10.1 Å². The Hall–Kier alpha value is -3.41. The number of rotatable bonds is 5. The summed E-state index contributed by atoms with van der Waals surface area (Å²) < 4.78 is 10.5. The molecule has 26 heavy (non-hydrogen) atoms. The highest BCUT2D eigenvalue weighted by Crippen LogP contribution is 2.27. The van der Waals surface area contributed by atoms with E-state index in [-0.39, 0.29) is 11.4 Å². The molecule has 0 aliphatic rings. The van der Waals surface area contributed by atoms with Crippen molar-refractivity contribution in [2.45, 2.75) is 12.8 Å². The molecule has 0 saturated heterocycles. The summed E-state index contributed by atoms with van der Waals surface area (Å²) >= 11 is 0. The molecule has 3 rings (SSSR count). The van der Waals surface area contributed by atoms with Gasteiger partial charge < -0.3 is 9.47 Å². The third-order valence-corrected chi connectivity index (χ3v) is 4.17. The Bertz CT molecular complexity index is 983. The Kier molecular flexibility index (Phi) is 4.84. The molecule has 0 unspecified atom stereocenters. The normalized spacial score (nSPS) is 11.8. The van der Waals surface area contributed by atoms with Gasteiger partial charge in [-0.15, -0.1) is 0 Å². The summed E-state index contributed by atoms with van der Waals surface area (Å²) in [6.45, 7) is 1.74. The Morgan fingerprint density at radius 3 is 2.46 bits per heavy atom. The van der Waals surface area contributed by atoms with E-state index in [2.05, 4.69) is 0 Å². The summed E-state index contributed by atoms with van der Waals surface area (Å²) in [7, 11) is 1.61. The second kappa shape index (κ2) is 7.23. The van der Waals surface area contributed by atoms with Gasteiger partial charge in [-0.25, -0.2) is 0 Å². The summed E-state index contributed by atoms with van der Waals surface area (Å²) in [5.74, 6) is -0.0657. The van der Waals surface area contributed by atoms with Gasteiger partial charge in [0, 0.05) is 6.07 Å². The fraction of sp³-hybridized carbons (Fsp3) is 0.150. The highest BCUT2D eigenvalue weighted by molar-refractivity contribution is 5.87. The SMILES string of the molecule is COc1ccc2cc([C@H](C)C(=O)Oc3cccc([N+](=O)[O-])c3)ccc2c1. The van der Waals surface area contributed by atoms with Crippen LogP contribution in [0.1, 0.15) is 18.4 Å². The van der Waals surface area contributed by atoms with Crippen molar-refractivity contribution in [3.05, 3.63) is 76.3 Å². The number of nitrogens with zero attached hydrogens (tertiary/aromatic N) is 1. The maximum Gasteiger partial charge on any atom is 0.318 e. The van der Waals surface area contributed by atoms with Gasteiger partial charge in [0.25, 0.3) is 5.69 Å². The number of ether oxygens (including phenoxy) is 2. The lowest BCUT2D eigenvalue weighted by Gasteiger charge is -2.13. The molecule has 1 atom stereocenters. The zero-order valence-corrected chi connectivity index (χ0v) is 14.3.